The van der Waals surface area contributed by atoms with Gasteiger partial charge < -0.3 is 15.0 Å². The summed E-state index contributed by atoms with van der Waals surface area (Å²) in [6, 6.07) is 14.4. The van der Waals surface area contributed by atoms with Crippen molar-refractivity contribution < 1.29 is 9.50 Å². The molecule has 0 bridgehead atoms. The maximum atomic E-state index is 13.2. The molecule has 0 aliphatic heterocycles. The first kappa shape index (κ1) is 13.6. The summed E-state index contributed by atoms with van der Waals surface area (Å²) in [4.78, 5) is 9.50. The number of aromatic nitrogens is 2. The number of benzene rings is 2. The highest BCUT2D eigenvalue weighted by Crippen LogP contribution is 2.19. The van der Waals surface area contributed by atoms with Crippen molar-refractivity contribution in [2.45, 2.75) is 6.54 Å². The SMILES string of the molecule is OCCN(Cc1ccccc1)c1nc2ccc(F)cc2[nH]1. The van der Waals surface area contributed by atoms with Crippen LogP contribution in [0.2, 0.25) is 0 Å². The van der Waals surface area contributed by atoms with Gasteiger partial charge in [0.25, 0.3) is 0 Å². The molecule has 0 aliphatic carbocycles. The molecule has 0 saturated carbocycles. The van der Waals surface area contributed by atoms with Gasteiger partial charge in [0, 0.05) is 13.1 Å². The first-order valence-corrected chi connectivity index (χ1v) is 6.81. The zero-order valence-corrected chi connectivity index (χ0v) is 11.5. The maximum Gasteiger partial charge on any atom is 0.204 e. The van der Waals surface area contributed by atoms with Crippen molar-refractivity contribution in [3.63, 3.8) is 0 Å². The van der Waals surface area contributed by atoms with Crippen LogP contribution in [0.3, 0.4) is 0 Å². The minimum absolute atomic E-state index is 0.0260. The average Bonchev–Trinajstić information content (AvgIpc) is 2.91. The van der Waals surface area contributed by atoms with Crippen LogP contribution < -0.4 is 4.90 Å². The summed E-state index contributed by atoms with van der Waals surface area (Å²) >= 11 is 0. The number of nitrogens with one attached hydrogen (secondary N) is 1. The second-order valence-electron chi connectivity index (χ2n) is 4.85. The first-order valence-electron chi connectivity index (χ1n) is 6.81. The Morgan fingerprint density at radius 1 is 1.14 bits per heavy atom. The van der Waals surface area contributed by atoms with E-state index in [1.165, 1.54) is 12.1 Å². The van der Waals surface area contributed by atoms with E-state index in [1.54, 1.807) is 6.07 Å². The Morgan fingerprint density at radius 2 is 1.95 bits per heavy atom. The third-order valence-corrected chi connectivity index (χ3v) is 3.32. The smallest absolute Gasteiger partial charge is 0.204 e. The number of halogens is 1. The fraction of sp³-hybridized carbons (Fsp3) is 0.188. The Hall–Kier alpha value is -2.40. The molecule has 1 aromatic heterocycles. The Balaban J connectivity index is 1.91. The van der Waals surface area contributed by atoms with Crippen LogP contribution in [-0.2, 0) is 6.54 Å². The Bertz CT molecular complexity index is 727. The highest BCUT2D eigenvalue weighted by atomic mass is 19.1. The molecule has 0 unspecified atom stereocenters. The van der Waals surface area contributed by atoms with Crippen molar-refractivity contribution in [3.8, 4) is 0 Å². The van der Waals surface area contributed by atoms with E-state index >= 15 is 0 Å². The molecule has 5 heteroatoms. The van der Waals surface area contributed by atoms with Crippen molar-refractivity contribution in [1.82, 2.24) is 9.97 Å². The van der Waals surface area contributed by atoms with Crippen LogP contribution in [0.1, 0.15) is 5.56 Å². The van der Waals surface area contributed by atoms with E-state index in [9.17, 15) is 9.50 Å². The lowest BCUT2D eigenvalue weighted by molar-refractivity contribution is 0.301. The molecule has 0 saturated heterocycles. The van der Waals surface area contributed by atoms with Gasteiger partial charge in [-0.1, -0.05) is 30.3 Å². The van der Waals surface area contributed by atoms with Crippen LogP contribution in [0, 0.1) is 5.82 Å². The fourth-order valence-corrected chi connectivity index (χ4v) is 2.30. The molecule has 1 heterocycles. The first-order chi connectivity index (χ1) is 10.3. The van der Waals surface area contributed by atoms with Crippen LogP contribution in [0.4, 0.5) is 10.3 Å². The molecule has 3 rings (SSSR count). The summed E-state index contributed by atoms with van der Waals surface area (Å²) < 4.78 is 13.2. The molecule has 3 aromatic rings. The molecule has 0 atom stereocenters. The van der Waals surface area contributed by atoms with Crippen LogP contribution >= 0.6 is 0 Å². The lowest BCUT2D eigenvalue weighted by atomic mass is 10.2. The van der Waals surface area contributed by atoms with Crippen molar-refractivity contribution in [1.29, 1.82) is 0 Å². The fourth-order valence-electron chi connectivity index (χ4n) is 2.30. The number of imidazole rings is 1. The maximum absolute atomic E-state index is 13.2. The zero-order chi connectivity index (χ0) is 14.7. The summed E-state index contributed by atoms with van der Waals surface area (Å²) in [5.74, 6) is 0.336. The highest BCUT2D eigenvalue weighted by Gasteiger charge is 2.12. The normalized spacial score (nSPS) is 11.0. The minimum Gasteiger partial charge on any atom is -0.395 e. The van der Waals surface area contributed by atoms with Gasteiger partial charge in [-0.25, -0.2) is 9.37 Å². The third kappa shape index (κ3) is 3.03. The molecule has 0 spiro atoms. The van der Waals surface area contributed by atoms with Gasteiger partial charge in [-0.2, -0.15) is 0 Å². The number of rotatable bonds is 5. The number of aliphatic hydroxyl groups is 1. The van der Waals surface area contributed by atoms with Gasteiger partial charge in [0.05, 0.1) is 17.6 Å². The van der Waals surface area contributed by atoms with Crippen LogP contribution in [-0.4, -0.2) is 28.2 Å². The summed E-state index contributed by atoms with van der Waals surface area (Å²) in [7, 11) is 0. The molecule has 0 amide bonds. The summed E-state index contributed by atoms with van der Waals surface area (Å²) in [5, 5.41) is 9.25. The highest BCUT2D eigenvalue weighted by molar-refractivity contribution is 5.77. The quantitative estimate of drug-likeness (QED) is 0.758. The van der Waals surface area contributed by atoms with Gasteiger partial charge in [0.15, 0.2) is 0 Å². The second-order valence-corrected chi connectivity index (χ2v) is 4.85. The van der Waals surface area contributed by atoms with E-state index in [-0.39, 0.29) is 12.4 Å². The molecule has 2 aromatic carbocycles. The number of anilines is 1. The van der Waals surface area contributed by atoms with Crippen molar-refractivity contribution in [2.75, 3.05) is 18.1 Å². The lowest BCUT2D eigenvalue weighted by Gasteiger charge is -2.20. The topological polar surface area (TPSA) is 52.1 Å². The number of nitrogens with zero attached hydrogens (tertiary/aromatic N) is 2. The minimum atomic E-state index is -0.297. The lowest BCUT2D eigenvalue weighted by Crippen LogP contribution is -2.27. The van der Waals surface area contributed by atoms with Crippen LogP contribution in [0.25, 0.3) is 11.0 Å². The van der Waals surface area contributed by atoms with E-state index < -0.39 is 0 Å². The Kier molecular flexibility index (Phi) is 3.83. The van der Waals surface area contributed by atoms with Gasteiger partial charge in [-0.15, -0.1) is 0 Å². The predicted octanol–water partition coefficient (Wildman–Crippen LogP) is 2.70. The van der Waals surface area contributed by atoms with E-state index in [1.807, 2.05) is 35.2 Å². The second kappa shape index (κ2) is 5.93. The van der Waals surface area contributed by atoms with Crippen LogP contribution in [0.5, 0.6) is 0 Å². The number of aromatic amines is 1. The van der Waals surface area contributed by atoms with Gasteiger partial charge in [-0.05, 0) is 23.8 Å². The third-order valence-electron chi connectivity index (χ3n) is 3.32. The number of hydrogen-bond donors (Lipinski definition) is 2. The zero-order valence-electron chi connectivity index (χ0n) is 11.5. The number of H-pyrrole nitrogens is 1. The molecule has 108 valence electrons. The number of hydrogen-bond acceptors (Lipinski definition) is 3. The van der Waals surface area contributed by atoms with Gasteiger partial charge in [-0.3, -0.25) is 0 Å². The molecular weight excluding hydrogens is 269 g/mol. The van der Waals surface area contributed by atoms with Crippen LogP contribution in [0.15, 0.2) is 48.5 Å². The van der Waals surface area contributed by atoms with E-state index in [2.05, 4.69) is 9.97 Å². The van der Waals surface area contributed by atoms with E-state index in [4.69, 9.17) is 0 Å². The molecule has 21 heavy (non-hydrogen) atoms. The van der Waals surface area contributed by atoms with Gasteiger partial charge >= 0.3 is 0 Å². The van der Waals surface area contributed by atoms with Crippen molar-refractivity contribution in [2.24, 2.45) is 0 Å². The van der Waals surface area contributed by atoms with E-state index in [0.717, 1.165) is 5.56 Å². The van der Waals surface area contributed by atoms with E-state index in [0.29, 0.717) is 30.1 Å². The molecular formula is C16H16FN3O. The standard InChI is InChI=1S/C16H16FN3O/c17-13-6-7-14-15(10-13)19-16(18-14)20(8-9-21)11-12-4-2-1-3-5-12/h1-7,10,21H,8-9,11H2,(H,18,19). The Labute approximate surface area is 121 Å². The number of aliphatic hydroxyl groups excluding tert-OH is 1. The molecule has 0 radical (unpaired) electrons. The van der Waals surface area contributed by atoms with Crippen molar-refractivity contribution in [3.05, 3.63) is 59.9 Å². The monoisotopic (exact) mass is 285 g/mol. The molecule has 4 nitrogen and oxygen atoms in total. The average molecular weight is 285 g/mol. The molecule has 2 N–H and O–H groups in total. The predicted molar refractivity (Wildman–Crippen MR) is 80.6 cm³/mol. The summed E-state index contributed by atoms with van der Waals surface area (Å²) in [5.41, 5.74) is 2.49. The number of fused-ring (bicyclic) bond motifs is 1. The van der Waals surface area contributed by atoms with Crippen molar-refractivity contribution >= 4 is 17.0 Å². The Morgan fingerprint density at radius 3 is 2.71 bits per heavy atom. The molecule has 0 fully saturated rings. The largest absolute Gasteiger partial charge is 0.395 e. The van der Waals surface area contributed by atoms with Gasteiger partial charge in [0.2, 0.25) is 5.95 Å². The summed E-state index contributed by atoms with van der Waals surface area (Å²) in [6.07, 6.45) is 0. The molecule has 0 aliphatic rings. The van der Waals surface area contributed by atoms with Gasteiger partial charge in [0.1, 0.15) is 5.82 Å². The summed E-state index contributed by atoms with van der Waals surface area (Å²) in [6.45, 7) is 1.11.